The van der Waals surface area contributed by atoms with Crippen molar-refractivity contribution < 1.29 is 23.0 Å². The number of aliphatic hydroxyl groups is 1. The quantitative estimate of drug-likeness (QED) is 0.869. The molecule has 0 aliphatic carbocycles. The topological polar surface area (TPSA) is 29.5 Å². The van der Waals surface area contributed by atoms with Gasteiger partial charge < -0.3 is 9.84 Å². The van der Waals surface area contributed by atoms with E-state index in [1.54, 1.807) is 0 Å². The van der Waals surface area contributed by atoms with Crippen molar-refractivity contribution in [3.05, 3.63) is 35.4 Å². The molecule has 1 heterocycles. The summed E-state index contributed by atoms with van der Waals surface area (Å²) in [6, 6.07) is 5.14. The molecule has 1 saturated heterocycles. The van der Waals surface area contributed by atoms with Crippen molar-refractivity contribution in [2.45, 2.75) is 24.6 Å². The third-order valence-corrected chi connectivity index (χ3v) is 2.99. The predicted molar refractivity (Wildman–Crippen MR) is 55.6 cm³/mol. The number of alkyl halides is 3. The van der Waals surface area contributed by atoms with E-state index in [-0.39, 0.29) is 18.6 Å². The third kappa shape index (κ3) is 2.79. The largest absolute Gasteiger partial charge is 0.416 e. The molecule has 94 valence electrons. The Hall–Kier alpha value is -1.07. The number of benzene rings is 1. The highest BCUT2D eigenvalue weighted by atomic mass is 19.4. The van der Waals surface area contributed by atoms with E-state index in [4.69, 9.17) is 9.84 Å². The molecule has 0 amide bonds. The Morgan fingerprint density at radius 3 is 2.35 bits per heavy atom. The highest BCUT2D eigenvalue weighted by molar-refractivity contribution is 5.27. The van der Waals surface area contributed by atoms with Gasteiger partial charge in [0, 0.05) is 5.92 Å². The van der Waals surface area contributed by atoms with Gasteiger partial charge in [0.2, 0.25) is 0 Å². The minimum atomic E-state index is -4.29. The fourth-order valence-corrected chi connectivity index (χ4v) is 2.01. The lowest BCUT2D eigenvalue weighted by molar-refractivity contribution is -0.137. The maximum Gasteiger partial charge on any atom is 0.416 e. The fraction of sp³-hybridized carbons (Fsp3) is 0.500. The molecule has 2 atom stereocenters. The van der Waals surface area contributed by atoms with Gasteiger partial charge in [-0.15, -0.1) is 0 Å². The Kier molecular flexibility index (Phi) is 3.40. The fourth-order valence-electron chi connectivity index (χ4n) is 2.01. The lowest BCUT2D eigenvalue weighted by atomic mass is 9.95. The monoisotopic (exact) mass is 246 g/mol. The molecule has 1 aliphatic rings. The van der Waals surface area contributed by atoms with Crippen LogP contribution in [0.3, 0.4) is 0 Å². The van der Waals surface area contributed by atoms with Gasteiger partial charge in [-0.1, -0.05) is 12.1 Å². The highest BCUT2D eigenvalue weighted by Crippen LogP contribution is 2.33. The van der Waals surface area contributed by atoms with Gasteiger partial charge in [-0.2, -0.15) is 13.2 Å². The molecule has 1 aromatic rings. The minimum Gasteiger partial charge on any atom is -0.394 e. The van der Waals surface area contributed by atoms with E-state index >= 15 is 0 Å². The van der Waals surface area contributed by atoms with Crippen LogP contribution < -0.4 is 0 Å². The lowest BCUT2D eigenvalue weighted by Gasteiger charge is -2.11. The molecule has 1 aliphatic heterocycles. The van der Waals surface area contributed by atoms with Crippen LogP contribution in [0.2, 0.25) is 0 Å². The van der Waals surface area contributed by atoms with Crippen LogP contribution in [0.5, 0.6) is 0 Å². The van der Waals surface area contributed by atoms with Crippen molar-refractivity contribution in [1.29, 1.82) is 0 Å². The first-order valence-corrected chi connectivity index (χ1v) is 5.40. The van der Waals surface area contributed by atoms with E-state index in [9.17, 15) is 13.2 Å². The third-order valence-electron chi connectivity index (χ3n) is 2.99. The molecule has 0 bridgehead atoms. The summed E-state index contributed by atoms with van der Waals surface area (Å²) in [5.74, 6) is 0.0782. The van der Waals surface area contributed by atoms with Crippen molar-refractivity contribution in [3.8, 4) is 0 Å². The van der Waals surface area contributed by atoms with E-state index in [2.05, 4.69) is 0 Å². The SMILES string of the molecule is OC[C@H]1C[C@H](c2ccc(C(F)(F)F)cc2)CO1. The molecule has 1 N–H and O–H groups in total. The molecule has 17 heavy (non-hydrogen) atoms. The summed E-state index contributed by atoms with van der Waals surface area (Å²) >= 11 is 0. The number of rotatable bonds is 2. The van der Waals surface area contributed by atoms with Gasteiger partial charge >= 0.3 is 6.18 Å². The average Bonchev–Trinajstić information content (AvgIpc) is 2.76. The molecule has 2 nitrogen and oxygen atoms in total. The summed E-state index contributed by atoms with van der Waals surface area (Å²) in [6.07, 6.45) is -3.83. The second kappa shape index (κ2) is 4.66. The van der Waals surface area contributed by atoms with Gasteiger partial charge in [0.15, 0.2) is 0 Å². The van der Waals surface area contributed by atoms with Gasteiger partial charge in [0.05, 0.1) is 24.9 Å². The summed E-state index contributed by atoms with van der Waals surface area (Å²) in [5, 5.41) is 8.91. The van der Waals surface area contributed by atoms with Crippen LogP contribution in [0.1, 0.15) is 23.5 Å². The van der Waals surface area contributed by atoms with Gasteiger partial charge in [-0.3, -0.25) is 0 Å². The van der Waals surface area contributed by atoms with Gasteiger partial charge in [-0.25, -0.2) is 0 Å². The molecular weight excluding hydrogens is 233 g/mol. The van der Waals surface area contributed by atoms with Crippen molar-refractivity contribution >= 4 is 0 Å². The van der Waals surface area contributed by atoms with E-state index in [1.165, 1.54) is 12.1 Å². The molecule has 0 saturated carbocycles. The van der Waals surface area contributed by atoms with Crippen LogP contribution >= 0.6 is 0 Å². The number of hydrogen-bond donors (Lipinski definition) is 1. The maximum atomic E-state index is 12.4. The summed E-state index contributed by atoms with van der Waals surface area (Å²) in [6.45, 7) is 0.410. The molecule has 0 radical (unpaired) electrons. The summed E-state index contributed by atoms with van der Waals surface area (Å²) in [4.78, 5) is 0. The van der Waals surface area contributed by atoms with Gasteiger partial charge in [0.25, 0.3) is 0 Å². The standard InChI is InChI=1S/C12H13F3O2/c13-12(14,15)10-3-1-8(2-4-10)9-5-11(6-16)17-7-9/h1-4,9,11,16H,5-7H2/t9-,11+/m0/s1. The van der Waals surface area contributed by atoms with Crippen LogP contribution in [0.25, 0.3) is 0 Å². The van der Waals surface area contributed by atoms with Crippen molar-refractivity contribution in [2.75, 3.05) is 13.2 Å². The zero-order valence-corrected chi connectivity index (χ0v) is 9.07. The second-order valence-corrected chi connectivity index (χ2v) is 4.19. The number of aliphatic hydroxyl groups excluding tert-OH is 1. The van der Waals surface area contributed by atoms with Gasteiger partial charge in [-0.05, 0) is 24.1 Å². The zero-order valence-electron chi connectivity index (χ0n) is 9.07. The van der Waals surface area contributed by atoms with E-state index in [0.29, 0.717) is 13.0 Å². The second-order valence-electron chi connectivity index (χ2n) is 4.19. The number of hydrogen-bond acceptors (Lipinski definition) is 2. The smallest absolute Gasteiger partial charge is 0.394 e. The van der Waals surface area contributed by atoms with Crippen LogP contribution in [-0.4, -0.2) is 24.4 Å². The van der Waals surface area contributed by atoms with Gasteiger partial charge in [0.1, 0.15) is 0 Å². The Morgan fingerprint density at radius 1 is 1.24 bits per heavy atom. The molecular formula is C12H13F3O2. The highest BCUT2D eigenvalue weighted by Gasteiger charge is 2.31. The summed E-state index contributed by atoms with van der Waals surface area (Å²) in [7, 11) is 0. The first kappa shape index (κ1) is 12.4. The molecule has 0 aromatic heterocycles. The van der Waals surface area contributed by atoms with Crippen LogP contribution in [0, 0.1) is 0 Å². The Labute approximate surface area is 97.0 Å². The maximum absolute atomic E-state index is 12.4. The Morgan fingerprint density at radius 2 is 1.88 bits per heavy atom. The van der Waals surface area contributed by atoms with Crippen LogP contribution in [0.4, 0.5) is 13.2 Å². The van der Waals surface area contributed by atoms with E-state index in [1.807, 2.05) is 0 Å². The summed E-state index contributed by atoms with van der Waals surface area (Å²) in [5.41, 5.74) is 0.188. The van der Waals surface area contributed by atoms with E-state index in [0.717, 1.165) is 17.7 Å². The average molecular weight is 246 g/mol. The Balaban J connectivity index is 2.09. The van der Waals surface area contributed by atoms with Crippen molar-refractivity contribution in [2.24, 2.45) is 0 Å². The van der Waals surface area contributed by atoms with E-state index < -0.39 is 11.7 Å². The first-order valence-electron chi connectivity index (χ1n) is 5.40. The number of halogens is 3. The van der Waals surface area contributed by atoms with Crippen LogP contribution in [0.15, 0.2) is 24.3 Å². The molecule has 2 rings (SSSR count). The van der Waals surface area contributed by atoms with Crippen LogP contribution in [-0.2, 0) is 10.9 Å². The molecule has 0 unspecified atom stereocenters. The Bertz CT molecular complexity index is 372. The first-order chi connectivity index (χ1) is 8.00. The zero-order chi connectivity index (χ0) is 12.5. The van der Waals surface area contributed by atoms with Crippen molar-refractivity contribution in [3.63, 3.8) is 0 Å². The molecule has 0 spiro atoms. The predicted octanol–water partition coefficient (Wildman–Crippen LogP) is 2.57. The normalized spacial score (nSPS) is 25.2. The molecule has 1 aromatic carbocycles. The number of ether oxygens (including phenoxy) is 1. The minimum absolute atomic E-state index is 0.0445. The molecule has 1 fully saturated rings. The lowest BCUT2D eigenvalue weighted by Crippen LogP contribution is -2.09. The van der Waals surface area contributed by atoms with Crippen molar-refractivity contribution in [1.82, 2.24) is 0 Å². The molecule has 5 heteroatoms. The summed E-state index contributed by atoms with van der Waals surface area (Å²) < 4.78 is 42.4.